The predicted molar refractivity (Wildman–Crippen MR) is 76.1 cm³/mol. The van der Waals surface area contributed by atoms with Crippen LogP contribution < -0.4 is 0 Å². The maximum Gasteiger partial charge on any atom is 0.325 e. The second-order valence-corrected chi connectivity index (χ2v) is 4.84. The van der Waals surface area contributed by atoms with Gasteiger partial charge in [0.2, 0.25) is 0 Å². The van der Waals surface area contributed by atoms with Crippen LogP contribution in [0.25, 0.3) is 10.9 Å². The number of halogens is 1. The summed E-state index contributed by atoms with van der Waals surface area (Å²) >= 11 is 3.46. The lowest BCUT2D eigenvalue weighted by atomic mass is 10.1. The molecule has 1 aromatic heterocycles. The van der Waals surface area contributed by atoms with Gasteiger partial charge in [-0.3, -0.25) is 4.79 Å². The molecule has 0 aliphatic rings. The van der Waals surface area contributed by atoms with E-state index in [1.165, 1.54) is 10.9 Å². The third kappa shape index (κ3) is 2.75. The second-order valence-electron chi connectivity index (χ2n) is 4.04. The van der Waals surface area contributed by atoms with Crippen LogP contribution in [0.4, 0.5) is 0 Å². The molecule has 96 valence electrons. The van der Waals surface area contributed by atoms with Crippen LogP contribution in [0.1, 0.15) is 12.5 Å². The molecular weight excluding hydrogens is 294 g/mol. The molecule has 0 unspecified atom stereocenters. The average molecular weight is 310 g/mol. The number of nitrogens with zero attached hydrogens (tertiary/aromatic N) is 1. The summed E-state index contributed by atoms with van der Waals surface area (Å²) in [6.45, 7) is 2.52. The fraction of sp³-hybridized carbons (Fsp3) is 0.357. The number of benzene rings is 1. The number of hydrogen-bond donors (Lipinski definition) is 0. The van der Waals surface area contributed by atoms with Gasteiger partial charge in [-0.1, -0.05) is 34.1 Å². The standard InChI is InChI=1S/C14H16BrNO2/c1-2-18-14(17)10-16-9-11(7-8-15)12-5-3-4-6-13(12)16/h3-6,9H,2,7-8,10H2,1H3. The van der Waals surface area contributed by atoms with Crippen molar-refractivity contribution in [2.45, 2.75) is 19.9 Å². The lowest BCUT2D eigenvalue weighted by Crippen LogP contribution is -2.12. The number of hydrogen-bond acceptors (Lipinski definition) is 2. The minimum absolute atomic E-state index is 0.191. The van der Waals surface area contributed by atoms with E-state index in [9.17, 15) is 4.79 Å². The van der Waals surface area contributed by atoms with Crippen LogP contribution in [0.15, 0.2) is 30.5 Å². The number of carbonyl (C=O) groups is 1. The van der Waals surface area contributed by atoms with Gasteiger partial charge in [-0.15, -0.1) is 0 Å². The Morgan fingerprint density at radius 1 is 1.39 bits per heavy atom. The van der Waals surface area contributed by atoms with Crippen LogP contribution in [0.3, 0.4) is 0 Å². The van der Waals surface area contributed by atoms with Gasteiger partial charge >= 0.3 is 5.97 Å². The molecule has 3 nitrogen and oxygen atoms in total. The van der Waals surface area contributed by atoms with Crippen LogP contribution in [0.2, 0.25) is 0 Å². The van der Waals surface area contributed by atoms with Gasteiger partial charge in [0.25, 0.3) is 0 Å². The smallest absolute Gasteiger partial charge is 0.325 e. The Hall–Kier alpha value is -1.29. The van der Waals surface area contributed by atoms with Crippen molar-refractivity contribution < 1.29 is 9.53 Å². The number of esters is 1. The predicted octanol–water partition coefficient (Wildman–Crippen LogP) is 3.14. The summed E-state index contributed by atoms with van der Waals surface area (Å²) in [5.74, 6) is -0.191. The lowest BCUT2D eigenvalue weighted by molar-refractivity contribution is -0.143. The molecule has 18 heavy (non-hydrogen) atoms. The van der Waals surface area contributed by atoms with Crippen LogP contribution in [0.5, 0.6) is 0 Å². The third-order valence-electron chi connectivity index (χ3n) is 2.84. The van der Waals surface area contributed by atoms with E-state index < -0.39 is 0 Å². The van der Waals surface area contributed by atoms with Gasteiger partial charge < -0.3 is 9.30 Å². The van der Waals surface area contributed by atoms with Gasteiger partial charge in [0.15, 0.2) is 0 Å². The highest BCUT2D eigenvalue weighted by Gasteiger charge is 2.10. The zero-order valence-electron chi connectivity index (χ0n) is 10.4. The molecule has 0 saturated carbocycles. The Labute approximate surface area is 115 Å². The Kier molecular flexibility index (Phi) is 4.42. The van der Waals surface area contributed by atoms with Crippen molar-refractivity contribution >= 4 is 32.8 Å². The molecule has 0 N–H and O–H groups in total. The molecule has 1 heterocycles. The van der Waals surface area contributed by atoms with E-state index in [2.05, 4.69) is 22.0 Å². The van der Waals surface area contributed by atoms with Crippen LogP contribution >= 0.6 is 15.9 Å². The molecule has 0 atom stereocenters. The normalized spacial score (nSPS) is 10.8. The van der Waals surface area contributed by atoms with Crippen molar-refractivity contribution in [1.29, 1.82) is 0 Å². The molecule has 0 fully saturated rings. The summed E-state index contributed by atoms with van der Waals surface area (Å²) in [7, 11) is 0. The van der Waals surface area contributed by atoms with Crippen molar-refractivity contribution in [1.82, 2.24) is 4.57 Å². The lowest BCUT2D eigenvalue weighted by Gasteiger charge is -2.04. The van der Waals surface area contributed by atoms with Gasteiger partial charge in [0, 0.05) is 22.4 Å². The molecule has 0 bridgehead atoms. The highest BCUT2D eigenvalue weighted by Crippen LogP contribution is 2.22. The van der Waals surface area contributed by atoms with Gasteiger partial charge in [-0.05, 0) is 25.0 Å². The Morgan fingerprint density at radius 2 is 2.17 bits per heavy atom. The fourth-order valence-electron chi connectivity index (χ4n) is 2.10. The summed E-state index contributed by atoms with van der Waals surface area (Å²) in [6, 6.07) is 8.14. The van der Waals surface area contributed by atoms with Crippen molar-refractivity contribution in [3.63, 3.8) is 0 Å². The highest BCUT2D eigenvalue weighted by molar-refractivity contribution is 9.09. The molecule has 0 amide bonds. The quantitative estimate of drug-likeness (QED) is 0.627. The molecule has 0 aliphatic carbocycles. The SMILES string of the molecule is CCOC(=O)Cn1cc(CCBr)c2ccccc21. The van der Waals surface area contributed by atoms with Crippen molar-refractivity contribution in [2.24, 2.45) is 0 Å². The van der Waals surface area contributed by atoms with E-state index in [4.69, 9.17) is 4.74 Å². The number of aromatic nitrogens is 1. The summed E-state index contributed by atoms with van der Waals surface area (Å²) in [4.78, 5) is 11.6. The summed E-state index contributed by atoms with van der Waals surface area (Å²) < 4.78 is 6.96. The van der Waals surface area contributed by atoms with E-state index in [1.807, 2.05) is 35.9 Å². The van der Waals surface area contributed by atoms with E-state index in [0.717, 1.165) is 17.3 Å². The number of fused-ring (bicyclic) bond motifs is 1. The van der Waals surface area contributed by atoms with Crippen LogP contribution in [0, 0.1) is 0 Å². The average Bonchev–Trinajstić information content (AvgIpc) is 2.69. The van der Waals surface area contributed by atoms with E-state index in [-0.39, 0.29) is 12.5 Å². The molecule has 4 heteroatoms. The highest BCUT2D eigenvalue weighted by atomic mass is 79.9. The number of rotatable bonds is 5. The molecule has 0 aliphatic heterocycles. The summed E-state index contributed by atoms with van der Waals surface area (Å²) in [5, 5.41) is 2.13. The molecular formula is C14H16BrNO2. The first-order chi connectivity index (χ1) is 8.76. The number of aryl methyl sites for hydroxylation is 1. The summed E-state index contributed by atoms with van der Waals surface area (Å²) in [5.41, 5.74) is 2.34. The minimum Gasteiger partial charge on any atom is -0.465 e. The van der Waals surface area contributed by atoms with Crippen molar-refractivity contribution in [3.05, 3.63) is 36.0 Å². The Bertz CT molecular complexity index is 548. The van der Waals surface area contributed by atoms with E-state index >= 15 is 0 Å². The molecule has 1 aromatic carbocycles. The number of ether oxygens (including phenoxy) is 1. The maximum absolute atomic E-state index is 11.6. The third-order valence-corrected chi connectivity index (χ3v) is 3.24. The van der Waals surface area contributed by atoms with Crippen LogP contribution in [-0.4, -0.2) is 22.5 Å². The van der Waals surface area contributed by atoms with Crippen LogP contribution in [-0.2, 0) is 22.5 Å². The minimum atomic E-state index is -0.191. The molecule has 2 aromatic rings. The maximum atomic E-state index is 11.6. The summed E-state index contributed by atoms with van der Waals surface area (Å²) in [6.07, 6.45) is 3.00. The molecule has 0 saturated heterocycles. The topological polar surface area (TPSA) is 31.2 Å². The first-order valence-corrected chi connectivity index (χ1v) is 7.16. The second kappa shape index (κ2) is 6.05. The first kappa shape index (κ1) is 13.1. The number of alkyl halides is 1. The fourth-order valence-corrected chi connectivity index (χ4v) is 2.53. The van der Waals surface area contributed by atoms with Gasteiger partial charge in [-0.2, -0.15) is 0 Å². The Morgan fingerprint density at radius 3 is 2.89 bits per heavy atom. The largest absolute Gasteiger partial charge is 0.465 e. The first-order valence-electron chi connectivity index (χ1n) is 6.04. The zero-order valence-corrected chi connectivity index (χ0v) is 11.9. The van der Waals surface area contributed by atoms with E-state index in [0.29, 0.717) is 6.61 Å². The zero-order chi connectivity index (χ0) is 13.0. The molecule has 0 radical (unpaired) electrons. The van der Waals surface area contributed by atoms with E-state index in [1.54, 1.807) is 0 Å². The van der Waals surface area contributed by atoms with Gasteiger partial charge in [-0.25, -0.2) is 0 Å². The van der Waals surface area contributed by atoms with Gasteiger partial charge in [0.1, 0.15) is 6.54 Å². The van der Waals surface area contributed by atoms with Gasteiger partial charge in [0.05, 0.1) is 6.61 Å². The monoisotopic (exact) mass is 309 g/mol. The van der Waals surface area contributed by atoms with Crippen molar-refractivity contribution in [2.75, 3.05) is 11.9 Å². The Balaban J connectivity index is 2.35. The molecule has 2 rings (SSSR count). The molecule has 0 spiro atoms. The number of carbonyl (C=O) groups excluding carboxylic acids is 1. The van der Waals surface area contributed by atoms with Crippen molar-refractivity contribution in [3.8, 4) is 0 Å². The number of para-hydroxylation sites is 1.